The van der Waals surface area contributed by atoms with Gasteiger partial charge in [0.05, 0.1) is 12.6 Å². The summed E-state index contributed by atoms with van der Waals surface area (Å²) in [5, 5.41) is 0. The minimum absolute atomic E-state index is 0.125. The van der Waals surface area contributed by atoms with E-state index in [-0.39, 0.29) is 12.1 Å². The molecule has 0 aromatic heterocycles. The van der Waals surface area contributed by atoms with Gasteiger partial charge >= 0.3 is 6.09 Å². The van der Waals surface area contributed by atoms with Crippen molar-refractivity contribution in [2.24, 2.45) is 5.92 Å². The molecule has 1 fully saturated rings. The zero-order valence-corrected chi connectivity index (χ0v) is 10.2. The Balaban J connectivity index is 2.13. The third-order valence-electron chi connectivity index (χ3n) is 3.65. The van der Waals surface area contributed by atoms with Gasteiger partial charge in [-0.05, 0) is 32.1 Å². The molecule has 1 saturated heterocycles. The van der Waals surface area contributed by atoms with E-state index in [1.54, 1.807) is 0 Å². The smallest absolute Gasteiger partial charge is 0.410 e. The van der Waals surface area contributed by atoms with E-state index in [2.05, 4.69) is 19.1 Å². The summed E-state index contributed by atoms with van der Waals surface area (Å²) in [5.74, 6) is 0.550. The highest BCUT2D eigenvalue weighted by Crippen LogP contribution is 2.37. The summed E-state index contributed by atoms with van der Waals surface area (Å²) in [6.07, 6.45) is 8.88. The number of fused-ring (bicyclic) bond motifs is 2. The lowest BCUT2D eigenvalue weighted by molar-refractivity contribution is 0.0361. The number of rotatable bonds is 3. The Kier molecular flexibility index (Phi) is 3.52. The quantitative estimate of drug-likeness (QED) is 0.688. The fourth-order valence-corrected chi connectivity index (χ4v) is 2.95. The zero-order chi connectivity index (χ0) is 11.5. The first-order chi connectivity index (χ1) is 7.77. The van der Waals surface area contributed by atoms with E-state index in [0.717, 1.165) is 19.3 Å². The van der Waals surface area contributed by atoms with Gasteiger partial charge in [-0.2, -0.15) is 0 Å². The van der Waals surface area contributed by atoms with Crippen LogP contribution in [0.4, 0.5) is 4.79 Å². The molecule has 2 bridgehead atoms. The Morgan fingerprint density at radius 2 is 2.19 bits per heavy atom. The summed E-state index contributed by atoms with van der Waals surface area (Å²) in [6, 6.07) is 0.647. The van der Waals surface area contributed by atoms with Crippen LogP contribution in [-0.2, 0) is 4.74 Å². The van der Waals surface area contributed by atoms with Gasteiger partial charge in [-0.3, -0.25) is 4.90 Å². The van der Waals surface area contributed by atoms with E-state index < -0.39 is 0 Å². The van der Waals surface area contributed by atoms with Gasteiger partial charge in [0, 0.05) is 6.04 Å². The van der Waals surface area contributed by atoms with Gasteiger partial charge in [0.25, 0.3) is 0 Å². The zero-order valence-electron chi connectivity index (χ0n) is 10.2. The highest BCUT2D eigenvalue weighted by Gasteiger charge is 2.41. The van der Waals surface area contributed by atoms with Gasteiger partial charge in [0.2, 0.25) is 0 Å². The van der Waals surface area contributed by atoms with Crippen LogP contribution in [0, 0.1) is 5.92 Å². The summed E-state index contributed by atoms with van der Waals surface area (Å²) < 4.78 is 5.16. The molecule has 0 saturated carbocycles. The van der Waals surface area contributed by atoms with Crippen LogP contribution in [0.1, 0.15) is 39.5 Å². The number of carbonyl (C=O) groups excluding carboxylic acids is 1. The molecule has 0 radical (unpaired) electrons. The number of nitrogens with zero attached hydrogens (tertiary/aromatic N) is 1. The first-order valence-corrected chi connectivity index (χ1v) is 6.41. The van der Waals surface area contributed by atoms with Crippen LogP contribution in [0.3, 0.4) is 0 Å². The number of carbonyl (C=O) groups is 1. The van der Waals surface area contributed by atoms with Crippen molar-refractivity contribution in [3.8, 4) is 0 Å². The summed E-state index contributed by atoms with van der Waals surface area (Å²) in [5.41, 5.74) is 0. The molecule has 0 N–H and O–H groups in total. The number of hydrogen-bond acceptors (Lipinski definition) is 2. The maximum absolute atomic E-state index is 11.9. The summed E-state index contributed by atoms with van der Waals surface area (Å²) in [6.45, 7) is 4.51. The third-order valence-corrected chi connectivity index (χ3v) is 3.65. The van der Waals surface area contributed by atoms with Crippen molar-refractivity contribution in [1.82, 2.24) is 4.90 Å². The molecule has 2 aliphatic heterocycles. The second-order valence-electron chi connectivity index (χ2n) is 4.66. The lowest BCUT2D eigenvalue weighted by Gasteiger charge is -2.47. The molecule has 0 spiro atoms. The fourth-order valence-electron chi connectivity index (χ4n) is 2.95. The van der Waals surface area contributed by atoms with E-state index in [4.69, 9.17) is 4.74 Å². The van der Waals surface area contributed by atoms with Crippen molar-refractivity contribution >= 4 is 6.09 Å². The van der Waals surface area contributed by atoms with Gasteiger partial charge in [-0.1, -0.05) is 25.5 Å². The molecule has 3 aliphatic rings. The van der Waals surface area contributed by atoms with Crippen LogP contribution in [0.5, 0.6) is 0 Å². The SMILES string of the molecule is CCC[C@H]1[C@@H]2C=C[C@@H](CC2)N1C(=O)OCC. The van der Waals surface area contributed by atoms with Crippen LogP contribution in [0.15, 0.2) is 12.2 Å². The highest BCUT2D eigenvalue weighted by molar-refractivity contribution is 5.69. The van der Waals surface area contributed by atoms with Crippen molar-refractivity contribution in [3.05, 3.63) is 12.2 Å². The maximum atomic E-state index is 11.9. The normalized spacial score (nSPS) is 31.9. The number of hydrogen-bond donors (Lipinski definition) is 0. The molecule has 1 aliphatic carbocycles. The average Bonchev–Trinajstić information content (AvgIpc) is 2.31. The monoisotopic (exact) mass is 223 g/mol. The van der Waals surface area contributed by atoms with Crippen LogP contribution in [0.2, 0.25) is 0 Å². The van der Waals surface area contributed by atoms with Crippen molar-refractivity contribution in [3.63, 3.8) is 0 Å². The molecule has 1 amide bonds. The highest BCUT2D eigenvalue weighted by atomic mass is 16.6. The van der Waals surface area contributed by atoms with Crippen molar-refractivity contribution in [2.45, 2.75) is 51.6 Å². The second-order valence-corrected chi connectivity index (χ2v) is 4.66. The molecule has 0 unspecified atom stereocenters. The molecule has 3 heteroatoms. The topological polar surface area (TPSA) is 29.5 Å². The first-order valence-electron chi connectivity index (χ1n) is 6.41. The Morgan fingerprint density at radius 1 is 1.38 bits per heavy atom. The van der Waals surface area contributed by atoms with E-state index in [1.807, 2.05) is 11.8 Å². The Morgan fingerprint density at radius 3 is 2.75 bits per heavy atom. The lowest BCUT2D eigenvalue weighted by Crippen LogP contribution is -2.55. The molecular weight excluding hydrogens is 202 g/mol. The minimum atomic E-state index is -0.125. The molecular formula is C13H21NO2. The Bertz CT molecular complexity index is 288. The fraction of sp³-hybridized carbons (Fsp3) is 0.769. The maximum Gasteiger partial charge on any atom is 0.410 e. The summed E-state index contributed by atoms with van der Waals surface area (Å²) in [4.78, 5) is 13.9. The molecule has 3 rings (SSSR count). The van der Waals surface area contributed by atoms with E-state index in [9.17, 15) is 4.79 Å². The minimum Gasteiger partial charge on any atom is -0.450 e. The first kappa shape index (κ1) is 11.5. The number of ether oxygens (including phenoxy) is 1. The van der Waals surface area contributed by atoms with Crippen LogP contribution >= 0.6 is 0 Å². The molecule has 2 heterocycles. The molecule has 16 heavy (non-hydrogen) atoms. The Hall–Kier alpha value is -0.990. The van der Waals surface area contributed by atoms with Gasteiger partial charge < -0.3 is 4.74 Å². The van der Waals surface area contributed by atoms with Crippen molar-refractivity contribution in [2.75, 3.05) is 6.61 Å². The molecule has 0 aromatic carbocycles. The largest absolute Gasteiger partial charge is 0.450 e. The van der Waals surface area contributed by atoms with Crippen LogP contribution in [-0.4, -0.2) is 29.7 Å². The summed E-state index contributed by atoms with van der Waals surface area (Å²) >= 11 is 0. The molecule has 3 atom stereocenters. The third kappa shape index (κ3) is 1.95. The predicted octanol–water partition coefficient (Wildman–Crippen LogP) is 2.96. The van der Waals surface area contributed by atoms with Gasteiger partial charge in [0.1, 0.15) is 0 Å². The van der Waals surface area contributed by atoms with E-state index in [1.165, 1.54) is 6.42 Å². The number of piperidine rings is 1. The van der Waals surface area contributed by atoms with Crippen LogP contribution < -0.4 is 0 Å². The lowest BCUT2D eigenvalue weighted by atomic mass is 9.78. The number of amides is 1. The molecule has 3 nitrogen and oxygen atoms in total. The Labute approximate surface area is 97.5 Å². The second kappa shape index (κ2) is 4.89. The average molecular weight is 223 g/mol. The molecule has 0 aromatic rings. The van der Waals surface area contributed by atoms with Crippen LogP contribution in [0.25, 0.3) is 0 Å². The molecule has 90 valence electrons. The van der Waals surface area contributed by atoms with Crippen molar-refractivity contribution < 1.29 is 9.53 Å². The predicted molar refractivity (Wildman–Crippen MR) is 63.2 cm³/mol. The van der Waals surface area contributed by atoms with E-state index in [0.29, 0.717) is 18.6 Å². The standard InChI is InChI=1S/C13H21NO2/c1-3-5-12-10-6-8-11(9-7-10)14(12)13(15)16-4-2/h6,8,10-12H,3-5,7,9H2,1-2H3/t10-,11+,12+/m1/s1. The van der Waals surface area contributed by atoms with Gasteiger partial charge in [-0.25, -0.2) is 4.79 Å². The van der Waals surface area contributed by atoms with Crippen molar-refractivity contribution in [1.29, 1.82) is 0 Å². The summed E-state index contributed by atoms with van der Waals surface area (Å²) in [7, 11) is 0. The van der Waals surface area contributed by atoms with Gasteiger partial charge in [-0.15, -0.1) is 0 Å². The van der Waals surface area contributed by atoms with Gasteiger partial charge in [0.15, 0.2) is 0 Å². The van der Waals surface area contributed by atoms with E-state index >= 15 is 0 Å².